The molecule has 2 rings (SSSR count). The zero-order valence-electron chi connectivity index (χ0n) is 9.97. The smallest absolute Gasteiger partial charge is 0.356 e. The van der Waals surface area contributed by atoms with Crippen LogP contribution in [0.25, 0.3) is 0 Å². The molecule has 0 aliphatic heterocycles. The van der Waals surface area contributed by atoms with Gasteiger partial charge in [0.05, 0.1) is 10.7 Å². The maximum Gasteiger partial charge on any atom is 0.356 e. The van der Waals surface area contributed by atoms with E-state index in [0.717, 1.165) is 0 Å². The second kappa shape index (κ2) is 5.24. The summed E-state index contributed by atoms with van der Waals surface area (Å²) in [7, 11) is 1.60. The molecule has 19 heavy (non-hydrogen) atoms. The van der Waals surface area contributed by atoms with Crippen molar-refractivity contribution in [2.24, 2.45) is 0 Å². The Morgan fingerprint density at radius 3 is 2.63 bits per heavy atom. The van der Waals surface area contributed by atoms with E-state index >= 15 is 0 Å². The Morgan fingerprint density at radius 1 is 1.32 bits per heavy atom. The van der Waals surface area contributed by atoms with Crippen molar-refractivity contribution in [2.45, 2.75) is 0 Å². The topological polar surface area (TPSA) is 53.4 Å². The summed E-state index contributed by atoms with van der Waals surface area (Å²) in [6.45, 7) is 0. The van der Waals surface area contributed by atoms with Crippen LogP contribution >= 0.6 is 11.6 Å². The minimum atomic E-state index is -1.23. The molecule has 6 heteroatoms. The first kappa shape index (κ1) is 13.3. The zero-order chi connectivity index (χ0) is 14.0. The highest BCUT2D eigenvalue weighted by Crippen LogP contribution is 2.26. The van der Waals surface area contributed by atoms with Crippen molar-refractivity contribution < 1.29 is 14.3 Å². The molecular formula is C13H10ClFN2O2. The third-order valence-corrected chi connectivity index (χ3v) is 2.90. The quantitative estimate of drug-likeness (QED) is 0.937. The molecule has 0 fully saturated rings. The van der Waals surface area contributed by atoms with Gasteiger partial charge in [0.25, 0.3) is 0 Å². The largest absolute Gasteiger partial charge is 0.476 e. The van der Waals surface area contributed by atoms with Gasteiger partial charge in [0.1, 0.15) is 11.6 Å². The van der Waals surface area contributed by atoms with Gasteiger partial charge >= 0.3 is 5.97 Å². The molecule has 0 radical (unpaired) electrons. The van der Waals surface area contributed by atoms with Gasteiger partial charge in [-0.2, -0.15) is 0 Å². The molecule has 1 aromatic carbocycles. The Labute approximate surface area is 114 Å². The number of para-hydroxylation sites is 1. The Kier molecular flexibility index (Phi) is 3.66. The predicted octanol–water partition coefficient (Wildman–Crippen LogP) is 3.34. The van der Waals surface area contributed by atoms with Crippen molar-refractivity contribution in [1.82, 2.24) is 4.98 Å². The highest BCUT2D eigenvalue weighted by atomic mass is 35.5. The molecule has 0 spiro atoms. The lowest BCUT2D eigenvalue weighted by Gasteiger charge is -2.19. The van der Waals surface area contributed by atoms with Gasteiger partial charge in [0.15, 0.2) is 5.69 Å². The van der Waals surface area contributed by atoms with Crippen molar-refractivity contribution in [3.8, 4) is 0 Å². The molecule has 0 aliphatic rings. The maximum absolute atomic E-state index is 13.7. The van der Waals surface area contributed by atoms with E-state index in [2.05, 4.69) is 4.98 Å². The van der Waals surface area contributed by atoms with Crippen LogP contribution in [0.1, 0.15) is 10.5 Å². The number of hydrogen-bond acceptors (Lipinski definition) is 3. The predicted molar refractivity (Wildman–Crippen MR) is 70.7 cm³/mol. The SMILES string of the molecule is CN(c1ccc(Cl)c(C(=O)O)n1)c1ccccc1F. The molecule has 0 unspecified atom stereocenters. The number of nitrogens with zero attached hydrogens (tertiary/aromatic N) is 2. The van der Waals surface area contributed by atoms with Gasteiger partial charge in [-0.15, -0.1) is 0 Å². The molecule has 1 aromatic heterocycles. The third-order valence-electron chi connectivity index (χ3n) is 2.59. The van der Waals surface area contributed by atoms with Crippen molar-refractivity contribution in [1.29, 1.82) is 0 Å². The number of aromatic carboxylic acids is 1. The number of rotatable bonds is 3. The van der Waals surface area contributed by atoms with E-state index in [1.807, 2.05) is 0 Å². The second-order valence-electron chi connectivity index (χ2n) is 3.82. The standard InChI is InChI=1S/C13H10ClFN2O2/c1-17(10-5-3-2-4-9(10)15)11-7-6-8(14)12(16-11)13(18)19/h2-7H,1H3,(H,18,19). The van der Waals surface area contributed by atoms with Crippen molar-refractivity contribution in [2.75, 3.05) is 11.9 Å². The van der Waals surface area contributed by atoms with Gasteiger partial charge in [0, 0.05) is 7.05 Å². The van der Waals surface area contributed by atoms with Crippen molar-refractivity contribution in [3.63, 3.8) is 0 Å². The fraction of sp³-hybridized carbons (Fsp3) is 0.0769. The van der Waals surface area contributed by atoms with E-state index in [1.54, 1.807) is 25.2 Å². The molecule has 4 nitrogen and oxygen atoms in total. The Hall–Kier alpha value is -2.14. The number of carbonyl (C=O) groups is 1. The first-order valence-corrected chi connectivity index (χ1v) is 5.76. The third kappa shape index (κ3) is 2.66. The number of carboxylic acids is 1. The van der Waals surface area contributed by atoms with Crippen LogP contribution in [-0.2, 0) is 0 Å². The van der Waals surface area contributed by atoms with E-state index in [4.69, 9.17) is 16.7 Å². The lowest BCUT2D eigenvalue weighted by atomic mass is 10.2. The summed E-state index contributed by atoms with van der Waals surface area (Å²) < 4.78 is 13.7. The number of aromatic nitrogens is 1. The molecule has 0 saturated heterocycles. The minimum Gasteiger partial charge on any atom is -0.476 e. The molecule has 0 amide bonds. The van der Waals surface area contributed by atoms with Gasteiger partial charge in [-0.05, 0) is 24.3 Å². The van der Waals surface area contributed by atoms with E-state index in [9.17, 15) is 9.18 Å². The van der Waals surface area contributed by atoms with Gasteiger partial charge in [0.2, 0.25) is 0 Å². The summed E-state index contributed by atoms with van der Waals surface area (Å²) in [5.41, 5.74) is 0.0380. The van der Waals surface area contributed by atoms with Crippen molar-refractivity contribution >= 4 is 29.1 Å². The summed E-state index contributed by atoms with van der Waals surface area (Å²) in [6, 6.07) is 9.10. The van der Waals surface area contributed by atoms with Crippen LogP contribution in [0, 0.1) is 5.82 Å². The number of carboxylic acid groups (broad SMARTS) is 1. The molecule has 0 aliphatic carbocycles. The molecule has 1 heterocycles. The Morgan fingerprint density at radius 2 is 2.00 bits per heavy atom. The van der Waals surface area contributed by atoms with Crippen molar-refractivity contribution in [3.05, 3.63) is 52.9 Å². The first-order chi connectivity index (χ1) is 9.00. The average molecular weight is 281 g/mol. The lowest BCUT2D eigenvalue weighted by Crippen LogP contribution is -2.14. The maximum atomic E-state index is 13.7. The number of halogens is 2. The van der Waals surface area contributed by atoms with E-state index < -0.39 is 11.8 Å². The van der Waals surface area contributed by atoms with Gasteiger partial charge in [-0.25, -0.2) is 14.2 Å². The highest BCUT2D eigenvalue weighted by Gasteiger charge is 2.15. The summed E-state index contributed by atoms with van der Waals surface area (Å²) in [6.07, 6.45) is 0. The molecule has 98 valence electrons. The molecular weight excluding hydrogens is 271 g/mol. The van der Waals surface area contributed by atoms with Crippen LogP contribution in [0.3, 0.4) is 0 Å². The summed E-state index contributed by atoms with van der Waals surface area (Å²) in [5, 5.41) is 9.00. The normalized spacial score (nSPS) is 10.3. The minimum absolute atomic E-state index is 0.0400. The molecule has 0 atom stereocenters. The summed E-state index contributed by atoms with van der Waals surface area (Å²) in [4.78, 5) is 16.3. The number of anilines is 2. The van der Waals surface area contributed by atoms with Gasteiger partial charge in [-0.3, -0.25) is 0 Å². The molecule has 2 aromatic rings. The van der Waals surface area contributed by atoms with Crippen LogP contribution in [0.5, 0.6) is 0 Å². The fourth-order valence-corrected chi connectivity index (χ4v) is 1.80. The van der Waals surface area contributed by atoms with Gasteiger partial charge in [-0.1, -0.05) is 23.7 Å². The van der Waals surface area contributed by atoms with E-state index in [1.165, 1.54) is 23.1 Å². The lowest BCUT2D eigenvalue weighted by molar-refractivity contribution is 0.0691. The Balaban J connectivity index is 2.45. The second-order valence-corrected chi connectivity index (χ2v) is 4.22. The average Bonchev–Trinajstić information content (AvgIpc) is 2.38. The fourth-order valence-electron chi connectivity index (χ4n) is 1.62. The van der Waals surface area contributed by atoms with Gasteiger partial charge < -0.3 is 10.0 Å². The van der Waals surface area contributed by atoms with Crippen LogP contribution in [0.2, 0.25) is 5.02 Å². The number of benzene rings is 1. The van der Waals surface area contributed by atoms with E-state index in [-0.39, 0.29) is 10.7 Å². The van der Waals surface area contributed by atoms with Crippen LogP contribution < -0.4 is 4.90 Å². The van der Waals surface area contributed by atoms with Crippen LogP contribution in [0.4, 0.5) is 15.9 Å². The monoisotopic (exact) mass is 280 g/mol. The molecule has 0 bridgehead atoms. The first-order valence-electron chi connectivity index (χ1n) is 5.39. The molecule has 1 N–H and O–H groups in total. The molecule has 0 saturated carbocycles. The highest BCUT2D eigenvalue weighted by molar-refractivity contribution is 6.33. The van der Waals surface area contributed by atoms with Crippen LogP contribution in [-0.4, -0.2) is 23.1 Å². The summed E-state index contributed by atoms with van der Waals surface area (Å²) >= 11 is 5.74. The van der Waals surface area contributed by atoms with Crippen LogP contribution in [0.15, 0.2) is 36.4 Å². The number of pyridine rings is 1. The number of hydrogen-bond donors (Lipinski definition) is 1. The van der Waals surface area contributed by atoms with E-state index in [0.29, 0.717) is 11.5 Å². The summed E-state index contributed by atoms with van der Waals surface area (Å²) in [5.74, 6) is -1.35. The zero-order valence-corrected chi connectivity index (χ0v) is 10.7. The Bertz CT molecular complexity index is 634.